The molecule has 4 rings (SSSR count). The summed E-state index contributed by atoms with van der Waals surface area (Å²) >= 11 is 0. The van der Waals surface area contributed by atoms with Gasteiger partial charge < -0.3 is 29.5 Å². The molecule has 0 fully saturated rings. The number of alkyl halides is 3. The minimum Gasteiger partial charge on any atom is -0.491 e. The Morgan fingerprint density at radius 2 is 1.89 bits per heavy atom. The van der Waals surface area contributed by atoms with Gasteiger partial charge in [0, 0.05) is 31.5 Å². The molecule has 3 heterocycles. The number of benzene rings is 1. The Balaban J connectivity index is 1.52. The molecular formula is C24H26F3N5O6. The van der Waals surface area contributed by atoms with Crippen LogP contribution in [-0.2, 0) is 24.9 Å². The molecule has 11 nitrogen and oxygen atoms in total. The second kappa shape index (κ2) is 11.1. The number of aryl methyl sites for hydroxylation is 1. The molecule has 1 aromatic carbocycles. The summed E-state index contributed by atoms with van der Waals surface area (Å²) in [5, 5.41) is 12.4. The number of nitrogens with one attached hydrogen (secondary N) is 1. The number of anilines is 2. The normalized spacial score (nSPS) is 14.8. The summed E-state index contributed by atoms with van der Waals surface area (Å²) in [6, 6.07) is 8.77. The van der Waals surface area contributed by atoms with Gasteiger partial charge in [-0.1, -0.05) is 12.1 Å². The number of aliphatic hydroxyl groups excluding tert-OH is 1. The number of pyridine rings is 1. The topological polar surface area (TPSA) is 120 Å². The largest absolute Gasteiger partial charge is 0.573 e. The molecule has 3 aromatic rings. The van der Waals surface area contributed by atoms with Gasteiger partial charge in [0.1, 0.15) is 29.6 Å². The van der Waals surface area contributed by atoms with Crippen molar-refractivity contribution in [3.8, 4) is 11.5 Å². The minimum atomic E-state index is -4.82. The monoisotopic (exact) mass is 537 g/mol. The summed E-state index contributed by atoms with van der Waals surface area (Å²) in [5.74, 6) is -0.0196. The van der Waals surface area contributed by atoms with Crippen LogP contribution in [-0.4, -0.2) is 51.8 Å². The van der Waals surface area contributed by atoms with Gasteiger partial charge >= 0.3 is 12.1 Å². The van der Waals surface area contributed by atoms with E-state index in [1.54, 1.807) is 11.1 Å². The van der Waals surface area contributed by atoms with E-state index in [4.69, 9.17) is 9.47 Å². The Hall–Kier alpha value is -4.04. The van der Waals surface area contributed by atoms with Crippen LogP contribution in [0.2, 0.25) is 0 Å². The molecule has 1 aliphatic rings. The quantitative estimate of drug-likeness (QED) is 0.374. The van der Waals surface area contributed by atoms with Crippen molar-refractivity contribution < 1.29 is 32.5 Å². The van der Waals surface area contributed by atoms with Crippen LogP contribution in [0.3, 0.4) is 0 Å². The number of halogens is 3. The van der Waals surface area contributed by atoms with Crippen LogP contribution in [0.15, 0.2) is 52.2 Å². The predicted octanol–water partition coefficient (Wildman–Crippen LogP) is 1.95. The molecule has 38 heavy (non-hydrogen) atoms. The number of ether oxygens (including phenoxy) is 3. The number of aliphatic hydroxyl groups is 1. The van der Waals surface area contributed by atoms with E-state index in [2.05, 4.69) is 15.0 Å². The Kier molecular flexibility index (Phi) is 7.92. The molecule has 1 aliphatic heterocycles. The number of rotatable bonds is 10. The van der Waals surface area contributed by atoms with Crippen LogP contribution >= 0.6 is 0 Å². The second-order valence-corrected chi connectivity index (χ2v) is 8.39. The van der Waals surface area contributed by atoms with Crippen LogP contribution in [0, 0.1) is 6.92 Å². The van der Waals surface area contributed by atoms with E-state index >= 15 is 0 Å². The van der Waals surface area contributed by atoms with E-state index in [9.17, 15) is 27.9 Å². The van der Waals surface area contributed by atoms with Crippen LogP contribution in [0.5, 0.6) is 11.5 Å². The summed E-state index contributed by atoms with van der Waals surface area (Å²) in [7, 11) is 1.49. The minimum absolute atomic E-state index is 0.0164. The highest BCUT2D eigenvalue weighted by atomic mass is 19.4. The molecule has 2 N–H and O–H groups in total. The van der Waals surface area contributed by atoms with Gasteiger partial charge in [-0.25, -0.2) is 4.79 Å². The fourth-order valence-corrected chi connectivity index (χ4v) is 3.95. The zero-order valence-electron chi connectivity index (χ0n) is 20.6. The average molecular weight is 537 g/mol. The molecule has 204 valence electrons. The van der Waals surface area contributed by atoms with Gasteiger partial charge in [0.2, 0.25) is 6.35 Å². The highest BCUT2D eigenvalue weighted by Gasteiger charge is 2.36. The first kappa shape index (κ1) is 27.0. The van der Waals surface area contributed by atoms with Crippen molar-refractivity contribution in [3.63, 3.8) is 0 Å². The first-order valence-electron chi connectivity index (χ1n) is 11.6. The van der Waals surface area contributed by atoms with Crippen LogP contribution in [0.1, 0.15) is 11.3 Å². The van der Waals surface area contributed by atoms with E-state index in [0.717, 1.165) is 28.0 Å². The molecule has 0 spiro atoms. The number of hydrogen-bond acceptors (Lipinski definition) is 9. The number of nitrogens with zero attached hydrogens (tertiary/aromatic N) is 4. The smallest absolute Gasteiger partial charge is 0.491 e. The van der Waals surface area contributed by atoms with E-state index in [1.807, 2.05) is 19.1 Å². The summed E-state index contributed by atoms with van der Waals surface area (Å²) < 4.78 is 54.9. The molecule has 0 aliphatic carbocycles. The van der Waals surface area contributed by atoms with Gasteiger partial charge in [0.05, 0.1) is 19.8 Å². The summed E-state index contributed by atoms with van der Waals surface area (Å²) in [6.45, 7) is 1.44. The van der Waals surface area contributed by atoms with Crippen LogP contribution in [0.25, 0.3) is 0 Å². The van der Waals surface area contributed by atoms with Gasteiger partial charge in [-0.2, -0.15) is 0 Å². The van der Waals surface area contributed by atoms with Crippen molar-refractivity contribution in [1.29, 1.82) is 0 Å². The Morgan fingerprint density at radius 1 is 1.13 bits per heavy atom. The van der Waals surface area contributed by atoms with E-state index < -0.39 is 36.3 Å². The molecule has 0 saturated heterocycles. The Labute approximate surface area is 214 Å². The fraction of sp³-hybridized carbons (Fsp3) is 0.375. The maximum Gasteiger partial charge on any atom is 0.573 e. The third-order valence-corrected chi connectivity index (χ3v) is 5.67. The zero-order valence-corrected chi connectivity index (χ0v) is 20.6. The molecule has 0 bridgehead atoms. The molecular weight excluding hydrogens is 511 g/mol. The zero-order chi connectivity index (χ0) is 27.4. The van der Waals surface area contributed by atoms with E-state index in [0.29, 0.717) is 0 Å². The van der Waals surface area contributed by atoms with Crippen molar-refractivity contribution in [3.05, 3.63) is 74.7 Å². The molecule has 1 unspecified atom stereocenters. The van der Waals surface area contributed by atoms with Gasteiger partial charge in [0.15, 0.2) is 0 Å². The number of aromatic nitrogens is 3. The lowest BCUT2D eigenvalue weighted by Gasteiger charge is -2.26. The van der Waals surface area contributed by atoms with Crippen molar-refractivity contribution in [1.82, 2.24) is 14.1 Å². The average Bonchev–Trinajstić information content (AvgIpc) is 3.22. The van der Waals surface area contributed by atoms with Crippen molar-refractivity contribution in [2.75, 3.05) is 30.0 Å². The molecule has 14 heteroatoms. The highest BCUT2D eigenvalue weighted by Crippen LogP contribution is 2.32. The third-order valence-electron chi connectivity index (χ3n) is 5.67. The van der Waals surface area contributed by atoms with E-state index in [-0.39, 0.29) is 43.6 Å². The number of fused-ring (bicyclic) bond motifs is 1. The Bertz CT molecular complexity index is 1390. The van der Waals surface area contributed by atoms with E-state index in [1.165, 1.54) is 23.7 Å². The van der Waals surface area contributed by atoms with Crippen molar-refractivity contribution in [2.24, 2.45) is 7.05 Å². The first-order valence-corrected chi connectivity index (χ1v) is 11.6. The van der Waals surface area contributed by atoms with Gasteiger partial charge in [-0.05, 0) is 30.7 Å². The third kappa shape index (κ3) is 6.08. The number of hydrogen-bond donors (Lipinski definition) is 2. The van der Waals surface area contributed by atoms with Crippen LogP contribution < -0.4 is 30.9 Å². The lowest BCUT2D eigenvalue weighted by Crippen LogP contribution is -2.43. The van der Waals surface area contributed by atoms with Gasteiger partial charge in [0.25, 0.3) is 5.56 Å². The Morgan fingerprint density at radius 3 is 2.58 bits per heavy atom. The standard InChI is InChI=1S/C24H26F3N5O6/c1-15-6-7-16(13-28-15)14-32-19-20(30(2)23(35)31(8-9-33)21(19)34)29-22(32)37-11-10-36-17-4-3-5-18(12-17)38-24(25,26)27/h3-7,12-13,22,29,33H,8-11,14H2,1-2H3. The van der Waals surface area contributed by atoms with Gasteiger partial charge in [-0.3, -0.25) is 18.9 Å². The van der Waals surface area contributed by atoms with Crippen molar-refractivity contribution in [2.45, 2.75) is 32.7 Å². The summed E-state index contributed by atoms with van der Waals surface area (Å²) in [4.78, 5) is 31.8. The van der Waals surface area contributed by atoms with Crippen LogP contribution in [0.4, 0.5) is 24.7 Å². The maximum atomic E-state index is 13.2. The molecule has 0 radical (unpaired) electrons. The lowest BCUT2D eigenvalue weighted by atomic mass is 10.2. The second-order valence-electron chi connectivity index (χ2n) is 8.39. The maximum absolute atomic E-state index is 13.2. The molecule has 0 saturated carbocycles. The van der Waals surface area contributed by atoms with Crippen molar-refractivity contribution >= 4 is 11.5 Å². The SMILES string of the molecule is Cc1ccc(CN2c3c(n(C)c(=O)n(CCO)c3=O)NC2OCCOc2cccc(OC(F)(F)F)c2)cn1. The molecule has 0 amide bonds. The summed E-state index contributed by atoms with van der Waals surface area (Å²) in [5.41, 5.74) is 0.587. The first-order chi connectivity index (χ1) is 18.1. The van der Waals surface area contributed by atoms with Gasteiger partial charge in [-0.15, -0.1) is 13.2 Å². The lowest BCUT2D eigenvalue weighted by molar-refractivity contribution is -0.274. The predicted molar refractivity (Wildman–Crippen MR) is 130 cm³/mol. The molecule has 2 aromatic heterocycles. The summed E-state index contributed by atoms with van der Waals surface area (Å²) in [6.07, 6.45) is -4.03. The highest BCUT2D eigenvalue weighted by molar-refractivity contribution is 5.71. The fourth-order valence-electron chi connectivity index (χ4n) is 3.95. The molecule has 1 atom stereocenters.